The maximum Gasteiger partial charge on any atom is 0.223 e. The zero-order valence-electron chi connectivity index (χ0n) is 11.3. The van der Waals surface area contributed by atoms with Gasteiger partial charge in [0, 0.05) is 17.8 Å². The average molecular weight is 301 g/mol. The van der Waals surface area contributed by atoms with Crippen LogP contribution in [0.15, 0.2) is 12.1 Å². The van der Waals surface area contributed by atoms with Gasteiger partial charge in [-0.2, -0.15) is 0 Å². The fourth-order valence-electron chi connectivity index (χ4n) is 2.48. The van der Waals surface area contributed by atoms with E-state index in [-0.39, 0.29) is 5.91 Å². The third-order valence-electron chi connectivity index (χ3n) is 3.57. The number of hydrogen-bond acceptors (Lipinski definition) is 3. The van der Waals surface area contributed by atoms with Gasteiger partial charge in [-0.25, -0.2) is 0 Å². The first kappa shape index (κ1) is 14.8. The summed E-state index contributed by atoms with van der Waals surface area (Å²) in [4.78, 5) is 15.4. The van der Waals surface area contributed by atoms with Gasteiger partial charge in [0.25, 0.3) is 0 Å². The Morgan fingerprint density at radius 1 is 1.58 bits per heavy atom. The summed E-state index contributed by atoms with van der Waals surface area (Å²) in [5.74, 6) is 0.767. The van der Waals surface area contributed by atoms with Gasteiger partial charge in [-0.3, -0.25) is 4.79 Å². The Kier molecular flexibility index (Phi) is 5.67. The molecule has 2 rings (SSSR count). The number of nitrogens with one attached hydrogen (secondary N) is 1. The molecule has 1 saturated heterocycles. The Balaban J connectivity index is 1.87. The molecule has 0 aromatic carbocycles. The minimum atomic E-state index is 0.265. The van der Waals surface area contributed by atoms with Crippen LogP contribution < -0.4 is 5.32 Å². The zero-order chi connectivity index (χ0) is 13.7. The molecular weight excluding hydrogens is 280 g/mol. The topological polar surface area (TPSA) is 32.3 Å². The fraction of sp³-hybridized carbons (Fsp3) is 0.643. The summed E-state index contributed by atoms with van der Waals surface area (Å²) >= 11 is 7.48. The van der Waals surface area contributed by atoms with Gasteiger partial charge in [0.2, 0.25) is 5.91 Å². The summed E-state index contributed by atoms with van der Waals surface area (Å²) in [6, 6.07) is 3.90. The molecule has 1 aliphatic heterocycles. The van der Waals surface area contributed by atoms with Crippen molar-refractivity contribution in [2.24, 2.45) is 5.92 Å². The average Bonchev–Trinajstić information content (AvgIpc) is 2.82. The second-order valence-electron chi connectivity index (χ2n) is 5.03. The van der Waals surface area contributed by atoms with Crippen LogP contribution in [0.3, 0.4) is 0 Å². The number of carbonyl (C=O) groups excluding carboxylic acids is 1. The van der Waals surface area contributed by atoms with Crippen LogP contribution in [0, 0.1) is 5.92 Å². The molecule has 1 unspecified atom stereocenters. The van der Waals surface area contributed by atoms with Gasteiger partial charge in [0.05, 0.1) is 10.9 Å². The molecule has 1 atom stereocenters. The Bertz CT molecular complexity index is 415. The Morgan fingerprint density at radius 3 is 3.00 bits per heavy atom. The van der Waals surface area contributed by atoms with Crippen molar-refractivity contribution in [3.05, 3.63) is 21.3 Å². The molecule has 0 bridgehead atoms. The maximum absolute atomic E-state index is 12.3. The normalized spacial score (nSPS) is 19.4. The lowest BCUT2D eigenvalue weighted by Gasteiger charge is -2.26. The van der Waals surface area contributed by atoms with Crippen LogP contribution in [0.2, 0.25) is 4.34 Å². The van der Waals surface area contributed by atoms with Crippen molar-refractivity contribution in [2.45, 2.75) is 32.7 Å². The van der Waals surface area contributed by atoms with Crippen LogP contribution in [0.25, 0.3) is 0 Å². The maximum atomic E-state index is 12.3. The van der Waals surface area contributed by atoms with E-state index in [1.165, 1.54) is 12.8 Å². The van der Waals surface area contributed by atoms with Gasteiger partial charge in [-0.05, 0) is 50.9 Å². The van der Waals surface area contributed by atoms with Crippen molar-refractivity contribution in [1.82, 2.24) is 10.2 Å². The highest BCUT2D eigenvalue weighted by atomic mass is 35.5. The minimum Gasteiger partial charge on any atom is -0.338 e. The molecule has 0 spiro atoms. The number of hydrogen-bond donors (Lipinski definition) is 1. The molecule has 3 nitrogen and oxygen atoms in total. The highest BCUT2D eigenvalue weighted by Gasteiger charge is 2.20. The lowest BCUT2D eigenvalue weighted by molar-refractivity contribution is -0.132. The summed E-state index contributed by atoms with van der Waals surface area (Å²) < 4.78 is 0.787. The van der Waals surface area contributed by atoms with Gasteiger partial charge in [0.1, 0.15) is 0 Å². The third kappa shape index (κ3) is 4.48. The molecular formula is C14H21ClN2OS. The van der Waals surface area contributed by atoms with E-state index in [1.54, 1.807) is 11.3 Å². The van der Waals surface area contributed by atoms with E-state index in [4.69, 9.17) is 11.6 Å². The van der Waals surface area contributed by atoms with E-state index >= 15 is 0 Å². The van der Waals surface area contributed by atoms with Crippen molar-refractivity contribution in [3.8, 4) is 0 Å². The third-order valence-corrected chi connectivity index (χ3v) is 4.79. The number of nitrogens with zero attached hydrogens (tertiary/aromatic N) is 1. The van der Waals surface area contributed by atoms with Crippen molar-refractivity contribution < 1.29 is 4.79 Å². The summed E-state index contributed by atoms with van der Waals surface area (Å²) in [5.41, 5.74) is 0. The summed E-state index contributed by atoms with van der Waals surface area (Å²) in [5, 5.41) is 3.36. The first-order chi connectivity index (χ1) is 9.19. The Morgan fingerprint density at radius 2 is 2.42 bits per heavy atom. The molecule has 0 radical (unpaired) electrons. The van der Waals surface area contributed by atoms with Crippen LogP contribution >= 0.6 is 22.9 Å². The predicted octanol–water partition coefficient (Wildman–Crippen LogP) is 3.14. The summed E-state index contributed by atoms with van der Waals surface area (Å²) in [6.45, 7) is 5.55. The molecule has 1 N–H and O–H groups in total. The highest BCUT2D eigenvalue weighted by molar-refractivity contribution is 7.16. The SMILES string of the molecule is CCN(Cc1ccc(Cl)s1)C(=O)CC1CCCNC1. The van der Waals surface area contributed by atoms with Gasteiger partial charge in [-0.1, -0.05) is 11.6 Å². The Labute approximate surface area is 123 Å². The first-order valence-electron chi connectivity index (χ1n) is 6.91. The van der Waals surface area contributed by atoms with E-state index in [1.807, 2.05) is 24.0 Å². The quantitative estimate of drug-likeness (QED) is 0.906. The molecule has 5 heteroatoms. The Hall–Kier alpha value is -0.580. The lowest BCUT2D eigenvalue weighted by atomic mass is 9.95. The van der Waals surface area contributed by atoms with E-state index in [9.17, 15) is 4.79 Å². The van der Waals surface area contributed by atoms with Crippen molar-refractivity contribution >= 4 is 28.8 Å². The van der Waals surface area contributed by atoms with Crippen LogP contribution in [-0.2, 0) is 11.3 Å². The largest absolute Gasteiger partial charge is 0.338 e. The van der Waals surface area contributed by atoms with Crippen LogP contribution in [-0.4, -0.2) is 30.4 Å². The number of thiophene rings is 1. The predicted molar refractivity (Wildman–Crippen MR) is 80.6 cm³/mol. The molecule has 106 valence electrons. The number of rotatable bonds is 5. The number of halogens is 1. The molecule has 1 aromatic rings. The molecule has 0 saturated carbocycles. The highest BCUT2D eigenvalue weighted by Crippen LogP contribution is 2.23. The van der Waals surface area contributed by atoms with E-state index in [0.29, 0.717) is 18.9 Å². The fourth-order valence-corrected chi connectivity index (χ4v) is 3.58. The van der Waals surface area contributed by atoms with Gasteiger partial charge >= 0.3 is 0 Å². The lowest BCUT2D eigenvalue weighted by Crippen LogP contribution is -2.36. The van der Waals surface area contributed by atoms with E-state index in [0.717, 1.165) is 28.8 Å². The molecule has 2 heterocycles. The monoisotopic (exact) mass is 300 g/mol. The van der Waals surface area contributed by atoms with Gasteiger partial charge < -0.3 is 10.2 Å². The molecule has 19 heavy (non-hydrogen) atoms. The number of piperidine rings is 1. The zero-order valence-corrected chi connectivity index (χ0v) is 12.9. The summed E-state index contributed by atoms with van der Waals surface area (Å²) in [7, 11) is 0. The minimum absolute atomic E-state index is 0.265. The van der Waals surface area contributed by atoms with Crippen molar-refractivity contribution in [3.63, 3.8) is 0 Å². The molecule has 1 fully saturated rings. The first-order valence-corrected chi connectivity index (χ1v) is 8.11. The van der Waals surface area contributed by atoms with Gasteiger partial charge in [-0.15, -0.1) is 11.3 Å². The number of amides is 1. The van der Waals surface area contributed by atoms with E-state index < -0.39 is 0 Å². The molecule has 1 aliphatic rings. The number of carbonyl (C=O) groups is 1. The molecule has 0 aliphatic carbocycles. The van der Waals surface area contributed by atoms with Crippen LogP contribution in [0.4, 0.5) is 0 Å². The van der Waals surface area contributed by atoms with Crippen molar-refractivity contribution in [2.75, 3.05) is 19.6 Å². The standard InChI is InChI=1S/C14H21ClN2OS/c1-2-17(10-12-5-6-13(15)19-12)14(18)8-11-4-3-7-16-9-11/h5-6,11,16H,2-4,7-10H2,1H3. The van der Waals surface area contributed by atoms with Crippen LogP contribution in [0.5, 0.6) is 0 Å². The second kappa shape index (κ2) is 7.27. The smallest absolute Gasteiger partial charge is 0.223 e. The second-order valence-corrected chi connectivity index (χ2v) is 6.83. The summed E-state index contributed by atoms with van der Waals surface area (Å²) in [6.07, 6.45) is 3.02. The molecule has 1 amide bonds. The van der Waals surface area contributed by atoms with Gasteiger partial charge in [0.15, 0.2) is 0 Å². The van der Waals surface area contributed by atoms with Crippen molar-refractivity contribution in [1.29, 1.82) is 0 Å². The van der Waals surface area contributed by atoms with E-state index in [2.05, 4.69) is 5.32 Å². The van der Waals surface area contributed by atoms with Crippen LogP contribution in [0.1, 0.15) is 31.1 Å². The molecule has 1 aromatic heterocycles.